The molecule has 14 heavy (non-hydrogen) atoms. The van der Waals surface area contributed by atoms with Crippen molar-refractivity contribution in [1.82, 2.24) is 5.32 Å². The van der Waals surface area contributed by atoms with Gasteiger partial charge < -0.3 is 10.4 Å². The van der Waals surface area contributed by atoms with Gasteiger partial charge >= 0.3 is 0 Å². The van der Waals surface area contributed by atoms with Crippen LogP contribution in [0.15, 0.2) is 0 Å². The molecule has 0 aliphatic rings. The minimum absolute atomic E-state index is 0.129. The molecule has 0 spiro atoms. The van der Waals surface area contributed by atoms with Gasteiger partial charge in [-0.1, -0.05) is 26.7 Å². The minimum Gasteiger partial charge on any atom is -0.396 e. The Morgan fingerprint density at radius 1 is 1.36 bits per heavy atom. The molecule has 2 N–H and O–H groups in total. The maximum atomic E-state index is 11.4. The van der Waals surface area contributed by atoms with E-state index in [2.05, 4.69) is 12.2 Å². The molecule has 1 atom stereocenters. The van der Waals surface area contributed by atoms with Crippen LogP contribution in [0.3, 0.4) is 0 Å². The number of amides is 1. The van der Waals surface area contributed by atoms with Gasteiger partial charge in [-0.2, -0.15) is 0 Å². The van der Waals surface area contributed by atoms with Crippen molar-refractivity contribution in [2.45, 2.75) is 46.0 Å². The summed E-state index contributed by atoms with van der Waals surface area (Å²) in [6, 6.07) is 0. The van der Waals surface area contributed by atoms with Crippen molar-refractivity contribution in [3.63, 3.8) is 0 Å². The van der Waals surface area contributed by atoms with E-state index < -0.39 is 0 Å². The molecule has 0 bridgehead atoms. The SMILES string of the molecule is CCCCC(C)C(=O)NCCCCO. The molecule has 0 fully saturated rings. The summed E-state index contributed by atoms with van der Waals surface area (Å²) in [6.45, 7) is 5.00. The zero-order chi connectivity index (χ0) is 10.8. The third-order valence-electron chi connectivity index (χ3n) is 2.32. The van der Waals surface area contributed by atoms with Crippen LogP contribution in [0.1, 0.15) is 46.0 Å². The number of carbonyl (C=O) groups is 1. The van der Waals surface area contributed by atoms with Crippen molar-refractivity contribution in [2.75, 3.05) is 13.2 Å². The molecule has 0 aromatic rings. The molecule has 0 aromatic carbocycles. The molecule has 0 heterocycles. The van der Waals surface area contributed by atoms with Crippen molar-refractivity contribution in [2.24, 2.45) is 5.92 Å². The van der Waals surface area contributed by atoms with E-state index in [1.165, 1.54) is 0 Å². The van der Waals surface area contributed by atoms with Gasteiger partial charge in [0.2, 0.25) is 5.91 Å². The van der Waals surface area contributed by atoms with E-state index in [0.29, 0.717) is 6.54 Å². The van der Waals surface area contributed by atoms with Gasteiger partial charge in [0.1, 0.15) is 0 Å². The zero-order valence-electron chi connectivity index (χ0n) is 9.38. The van der Waals surface area contributed by atoms with Crippen molar-refractivity contribution in [3.05, 3.63) is 0 Å². The van der Waals surface area contributed by atoms with E-state index in [1.807, 2.05) is 6.92 Å². The summed E-state index contributed by atoms with van der Waals surface area (Å²) in [6.07, 6.45) is 4.86. The summed E-state index contributed by atoms with van der Waals surface area (Å²) in [5, 5.41) is 11.4. The largest absolute Gasteiger partial charge is 0.396 e. The molecule has 0 aliphatic heterocycles. The van der Waals surface area contributed by atoms with E-state index in [9.17, 15) is 4.79 Å². The number of unbranched alkanes of at least 4 members (excludes halogenated alkanes) is 2. The van der Waals surface area contributed by atoms with Gasteiger partial charge in [0.05, 0.1) is 0 Å². The molecule has 0 rings (SSSR count). The Hall–Kier alpha value is -0.570. The second-order valence-electron chi connectivity index (χ2n) is 3.77. The maximum absolute atomic E-state index is 11.4. The molecule has 1 unspecified atom stereocenters. The summed E-state index contributed by atoms with van der Waals surface area (Å²) in [5.41, 5.74) is 0. The van der Waals surface area contributed by atoms with E-state index in [0.717, 1.165) is 32.1 Å². The van der Waals surface area contributed by atoms with Crippen LogP contribution in [-0.4, -0.2) is 24.2 Å². The van der Waals surface area contributed by atoms with E-state index in [1.54, 1.807) is 0 Å². The molecule has 0 saturated carbocycles. The predicted octanol–water partition coefficient (Wildman–Crippen LogP) is 1.70. The lowest BCUT2D eigenvalue weighted by Gasteiger charge is -2.11. The molecule has 0 saturated heterocycles. The van der Waals surface area contributed by atoms with Crippen LogP contribution in [0.5, 0.6) is 0 Å². The highest BCUT2D eigenvalue weighted by atomic mass is 16.2. The van der Waals surface area contributed by atoms with Gasteiger partial charge in [0, 0.05) is 19.1 Å². The van der Waals surface area contributed by atoms with Crippen LogP contribution in [-0.2, 0) is 4.79 Å². The summed E-state index contributed by atoms with van der Waals surface area (Å²) >= 11 is 0. The zero-order valence-corrected chi connectivity index (χ0v) is 9.38. The van der Waals surface area contributed by atoms with Crippen molar-refractivity contribution >= 4 is 5.91 Å². The van der Waals surface area contributed by atoms with E-state index >= 15 is 0 Å². The normalized spacial score (nSPS) is 12.5. The summed E-state index contributed by atoms with van der Waals surface area (Å²) < 4.78 is 0. The van der Waals surface area contributed by atoms with Crippen molar-refractivity contribution in [1.29, 1.82) is 0 Å². The Morgan fingerprint density at radius 2 is 2.07 bits per heavy atom. The van der Waals surface area contributed by atoms with Gasteiger partial charge in [-0.3, -0.25) is 4.79 Å². The quantitative estimate of drug-likeness (QED) is 0.587. The topological polar surface area (TPSA) is 49.3 Å². The average molecular weight is 201 g/mol. The Morgan fingerprint density at radius 3 is 2.64 bits per heavy atom. The lowest BCUT2D eigenvalue weighted by atomic mass is 10.0. The lowest BCUT2D eigenvalue weighted by Crippen LogP contribution is -2.30. The smallest absolute Gasteiger partial charge is 0.222 e. The van der Waals surface area contributed by atoms with Crippen LogP contribution in [0.2, 0.25) is 0 Å². The number of hydrogen-bond acceptors (Lipinski definition) is 2. The molecule has 1 amide bonds. The second kappa shape index (κ2) is 9.00. The Balaban J connectivity index is 3.42. The van der Waals surface area contributed by atoms with Crippen LogP contribution in [0, 0.1) is 5.92 Å². The number of aliphatic hydroxyl groups is 1. The Kier molecular flexibility index (Phi) is 8.64. The molecule has 3 nitrogen and oxygen atoms in total. The van der Waals surface area contributed by atoms with Crippen LogP contribution >= 0.6 is 0 Å². The first kappa shape index (κ1) is 13.4. The van der Waals surface area contributed by atoms with E-state index in [-0.39, 0.29) is 18.4 Å². The Bertz CT molecular complexity index is 148. The maximum Gasteiger partial charge on any atom is 0.222 e. The molecule has 3 heteroatoms. The van der Waals surface area contributed by atoms with Crippen molar-refractivity contribution < 1.29 is 9.90 Å². The fourth-order valence-electron chi connectivity index (χ4n) is 1.26. The third-order valence-corrected chi connectivity index (χ3v) is 2.32. The lowest BCUT2D eigenvalue weighted by molar-refractivity contribution is -0.124. The summed E-state index contributed by atoms with van der Waals surface area (Å²) in [7, 11) is 0. The van der Waals surface area contributed by atoms with E-state index in [4.69, 9.17) is 5.11 Å². The molecular weight excluding hydrogens is 178 g/mol. The number of rotatable bonds is 8. The highest BCUT2D eigenvalue weighted by Gasteiger charge is 2.10. The first-order valence-electron chi connectivity index (χ1n) is 5.61. The average Bonchev–Trinajstić information content (AvgIpc) is 2.20. The van der Waals surface area contributed by atoms with Gasteiger partial charge in [-0.05, 0) is 19.3 Å². The van der Waals surface area contributed by atoms with Crippen LogP contribution in [0.4, 0.5) is 0 Å². The minimum atomic E-state index is 0.129. The fourth-order valence-corrected chi connectivity index (χ4v) is 1.26. The van der Waals surface area contributed by atoms with Gasteiger partial charge in [0.25, 0.3) is 0 Å². The first-order valence-corrected chi connectivity index (χ1v) is 5.61. The van der Waals surface area contributed by atoms with Crippen LogP contribution < -0.4 is 5.32 Å². The summed E-state index contributed by atoms with van der Waals surface area (Å²) in [4.78, 5) is 11.4. The predicted molar refractivity (Wildman–Crippen MR) is 58.0 cm³/mol. The highest BCUT2D eigenvalue weighted by Crippen LogP contribution is 2.07. The summed E-state index contributed by atoms with van der Waals surface area (Å²) in [5.74, 6) is 0.278. The third kappa shape index (κ3) is 6.89. The number of carbonyl (C=O) groups excluding carboxylic acids is 1. The Labute approximate surface area is 86.9 Å². The monoisotopic (exact) mass is 201 g/mol. The molecule has 0 radical (unpaired) electrons. The number of hydrogen-bond donors (Lipinski definition) is 2. The highest BCUT2D eigenvalue weighted by molar-refractivity contribution is 5.78. The standard InChI is InChI=1S/C11H23NO2/c1-3-4-7-10(2)11(14)12-8-5-6-9-13/h10,13H,3-9H2,1-2H3,(H,12,14). The number of aliphatic hydroxyl groups excluding tert-OH is 1. The number of nitrogens with one attached hydrogen (secondary N) is 1. The van der Waals surface area contributed by atoms with Crippen molar-refractivity contribution in [3.8, 4) is 0 Å². The fraction of sp³-hybridized carbons (Fsp3) is 0.909. The van der Waals surface area contributed by atoms with Gasteiger partial charge in [-0.15, -0.1) is 0 Å². The molecule has 0 aromatic heterocycles. The molecule has 0 aliphatic carbocycles. The first-order chi connectivity index (χ1) is 6.72. The second-order valence-corrected chi connectivity index (χ2v) is 3.77. The molecule has 84 valence electrons. The van der Waals surface area contributed by atoms with Gasteiger partial charge in [-0.25, -0.2) is 0 Å². The molecular formula is C11H23NO2. The van der Waals surface area contributed by atoms with Crippen LogP contribution in [0.25, 0.3) is 0 Å². The van der Waals surface area contributed by atoms with Gasteiger partial charge in [0.15, 0.2) is 0 Å².